The van der Waals surface area contributed by atoms with Crippen molar-refractivity contribution >= 4 is 17.7 Å². The summed E-state index contributed by atoms with van der Waals surface area (Å²) in [4.78, 5) is 21.3. The van der Waals surface area contributed by atoms with Gasteiger partial charge in [-0.05, 0) is 18.6 Å². The van der Waals surface area contributed by atoms with Gasteiger partial charge in [0.2, 0.25) is 5.91 Å². The maximum atomic E-state index is 12.4. The topological polar surface area (TPSA) is 48.5 Å². The summed E-state index contributed by atoms with van der Waals surface area (Å²) in [6, 6.07) is 6.55. The smallest absolute Gasteiger partial charge is 0.223 e. The molecule has 126 valence electrons. The van der Waals surface area contributed by atoms with Crippen LogP contribution in [0.2, 0.25) is 0 Å². The molecule has 3 heterocycles. The van der Waals surface area contributed by atoms with Gasteiger partial charge in [0, 0.05) is 69.4 Å². The minimum atomic E-state index is 0.316. The lowest BCUT2D eigenvalue weighted by Crippen LogP contribution is -2.49. The Balaban J connectivity index is 1.34. The number of likely N-dealkylation sites (tertiary alicyclic amines) is 1. The number of hydrogen-bond donors (Lipinski definition) is 1. The van der Waals surface area contributed by atoms with Gasteiger partial charge < -0.3 is 10.2 Å². The van der Waals surface area contributed by atoms with Gasteiger partial charge >= 0.3 is 0 Å². The fourth-order valence-electron chi connectivity index (χ4n) is 3.29. The van der Waals surface area contributed by atoms with Crippen LogP contribution in [0.1, 0.15) is 18.5 Å². The zero-order chi connectivity index (χ0) is 15.9. The quantitative estimate of drug-likeness (QED) is 0.793. The van der Waals surface area contributed by atoms with Crippen LogP contribution in [0.15, 0.2) is 24.4 Å². The van der Waals surface area contributed by atoms with Crippen LogP contribution in [-0.2, 0) is 10.5 Å². The van der Waals surface area contributed by atoms with Crippen LogP contribution in [0.4, 0.5) is 0 Å². The van der Waals surface area contributed by atoms with Crippen molar-refractivity contribution in [3.05, 3.63) is 30.1 Å². The molecule has 2 fully saturated rings. The van der Waals surface area contributed by atoms with E-state index in [1.165, 1.54) is 0 Å². The Kier molecular flexibility index (Phi) is 6.30. The fraction of sp³-hybridized carbons (Fsp3) is 0.647. The van der Waals surface area contributed by atoms with E-state index in [4.69, 9.17) is 0 Å². The Hall–Kier alpha value is -1.11. The number of nitrogens with one attached hydrogen (secondary N) is 1. The monoisotopic (exact) mass is 334 g/mol. The predicted octanol–water partition coefficient (Wildman–Crippen LogP) is 1.21. The van der Waals surface area contributed by atoms with Gasteiger partial charge in [-0.3, -0.25) is 14.7 Å². The SMILES string of the molecule is O=C(CCSCc1ccccn1)N1CCC(N2CCNCC2)C1. The highest BCUT2D eigenvalue weighted by atomic mass is 32.2. The average Bonchev–Trinajstić information content (AvgIpc) is 3.10. The van der Waals surface area contributed by atoms with E-state index < -0.39 is 0 Å². The molecule has 1 amide bonds. The van der Waals surface area contributed by atoms with Gasteiger partial charge in [0.25, 0.3) is 0 Å². The number of carbonyl (C=O) groups excluding carboxylic acids is 1. The van der Waals surface area contributed by atoms with E-state index in [0.717, 1.165) is 62.9 Å². The second-order valence-electron chi connectivity index (χ2n) is 6.19. The van der Waals surface area contributed by atoms with Crippen LogP contribution in [0, 0.1) is 0 Å². The summed E-state index contributed by atoms with van der Waals surface area (Å²) < 4.78 is 0. The standard InChI is InChI=1S/C17H26N4OS/c22-17(5-12-23-14-15-3-1-2-6-19-15)21-9-4-16(13-21)20-10-7-18-8-11-20/h1-3,6,16,18H,4-5,7-14H2. The Bertz CT molecular complexity index is 493. The van der Waals surface area contributed by atoms with E-state index >= 15 is 0 Å². The minimum Gasteiger partial charge on any atom is -0.341 e. The van der Waals surface area contributed by atoms with E-state index in [1.54, 1.807) is 11.8 Å². The van der Waals surface area contributed by atoms with E-state index in [2.05, 4.69) is 20.1 Å². The van der Waals surface area contributed by atoms with Crippen LogP contribution in [-0.4, -0.2) is 71.8 Å². The van der Waals surface area contributed by atoms with Gasteiger partial charge in [-0.15, -0.1) is 0 Å². The Morgan fingerprint density at radius 2 is 2.17 bits per heavy atom. The Labute approximate surface area is 142 Å². The number of aromatic nitrogens is 1. The number of nitrogens with zero attached hydrogens (tertiary/aromatic N) is 3. The molecule has 0 aromatic carbocycles. The van der Waals surface area contributed by atoms with Crippen LogP contribution >= 0.6 is 11.8 Å². The van der Waals surface area contributed by atoms with Crippen molar-refractivity contribution in [3.8, 4) is 0 Å². The van der Waals surface area contributed by atoms with Gasteiger partial charge in [-0.2, -0.15) is 11.8 Å². The van der Waals surface area contributed by atoms with E-state index in [1.807, 2.05) is 24.4 Å². The summed E-state index contributed by atoms with van der Waals surface area (Å²) in [5.41, 5.74) is 1.09. The van der Waals surface area contributed by atoms with Crippen molar-refractivity contribution in [2.75, 3.05) is 45.0 Å². The van der Waals surface area contributed by atoms with Crippen LogP contribution in [0.3, 0.4) is 0 Å². The first-order valence-electron chi connectivity index (χ1n) is 8.53. The van der Waals surface area contributed by atoms with Crippen molar-refractivity contribution in [2.45, 2.75) is 24.6 Å². The molecule has 0 spiro atoms. The molecule has 2 aliphatic heterocycles. The molecular formula is C17H26N4OS. The first kappa shape index (κ1) is 16.7. The molecule has 2 aliphatic rings. The number of hydrogen-bond acceptors (Lipinski definition) is 5. The number of pyridine rings is 1. The third-order valence-corrected chi connectivity index (χ3v) is 5.61. The molecule has 1 aromatic heterocycles. The van der Waals surface area contributed by atoms with Crippen molar-refractivity contribution in [1.82, 2.24) is 20.1 Å². The summed E-state index contributed by atoms with van der Waals surface area (Å²) in [6.45, 7) is 6.24. The van der Waals surface area contributed by atoms with Crippen molar-refractivity contribution in [2.24, 2.45) is 0 Å². The molecule has 0 radical (unpaired) electrons. The summed E-state index contributed by atoms with van der Waals surface area (Å²) in [7, 11) is 0. The first-order valence-corrected chi connectivity index (χ1v) is 9.68. The lowest BCUT2D eigenvalue weighted by molar-refractivity contribution is -0.129. The number of rotatable bonds is 6. The predicted molar refractivity (Wildman–Crippen MR) is 94.4 cm³/mol. The van der Waals surface area contributed by atoms with Gasteiger partial charge in [0.05, 0.1) is 5.69 Å². The second-order valence-corrected chi connectivity index (χ2v) is 7.30. The lowest BCUT2D eigenvalue weighted by Gasteiger charge is -2.32. The molecule has 2 saturated heterocycles. The molecule has 5 nitrogen and oxygen atoms in total. The number of piperazine rings is 1. The molecule has 1 aromatic rings. The molecule has 1 N–H and O–H groups in total. The molecule has 0 saturated carbocycles. The van der Waals surface area contributed by atoms with E-state index in [0.29, 0.717) is 18.4 Å². The highest BCUT2D eigenvalue weighted by molar-refractivity contribution is 7.98. The van der Waals surface area contributed by atoms with Crippen molar-refractivity contribution < 1.29 is 4.79 Å². The molecule has 23 heavy (non-hydrogen) atoms. The number of thioether (sulfide) groups is 1. The highest BCUT2D eigenvalue weighted by Gasteiger charge is 2.30. The number of amides is 1. The molecule has 0 aliphatic carbocycles. The third-order valence-electron chi connectivity index (χ3n) is 4.62. The maximum absolute atomic E-state index is 12.4. The molecule has 1 unspecified atom stereocenters. The van der Waals surface area contributed by atoms with Gasteiger partial charge in [-0.25, -0.2) is 0 Å². The molecular weight excluding hydrogens is 308 g/mol. The molecule has 0 bridgehead atoms. The second kappa shape index (κ2) is 8.66. The summed E-state index contributed by atoms with van der Waals surface area (Å²) in [6.07, 6.45) is 3.60. The Morgan fingerprint density at radius 1 is 1.30 bits per heavy atom. The lowest BCUT2D eigenvalue weighted by atomic mass is 10.2. The first-order chi connectivity index (χ1) is 11.3. The van der Waals surface area contributed by atoms with Crippen LogP contribution in [0.5, 0.6) is 0 Å². The average molecular weight is 334 g/mol. The molecule has 1 atom stereocenters. The van der Waals surface area contributed by atoms with E-state index in [-0.39, 0.29) is 0 Å². The summed E-state index contributed by atoms with van der Waals surface area (Å²) in [5, 5.41) is 3.39. The zero-order valence-electron chi connectivity index (χ0n) is 13.6. The van der Waals surface area contributed by atoms with Crippen LogP contribution < -0.4 is 5.32 Å². The number of carbonyl (C=O) groups is 1. The normalized spacial score (nSPS) is 22.4. The Morgan fingerprint density at radius 3 is 2.96 bits per heavy atom. The minimum absolute atomic E-state index is 0.316. The molecule has 3 rings (SSSR count). The van der Waals surface area contributed by atoms with Crippen molar-refractivity contribution in [3.63, 3.8) is 0 Å². The highest BCUT2D eigenvalue weighted by Crippen LogP contribution is 2.18. The van der Waals surface area contributed by atoms with Crippen molar-refractivity contribution in [1.29, 1.82) is 0 Å². The van der Waals surface area contributed by atoms with Gasteiger partial charge in [0.15, 0.2) is 0 Å². The third kappa shape index (κ3) is 4.93. The summed E-state index contributed by atoms with van der Waals surface area (Å²) >= 11 is 1.79. The van der Waals surface area contributed by atoms with E-state index in [9.17, 15) is 4.79 Å². The van der Waals surface area contributed by atoms with Gasteiger partial charge in [-0.1, -0.05) is 6.07 Å². The maximum Gasteiger partial charge on any atom is 0.223 e. The zero-order valence-corrected chi connectivity index (χ0v) is 14.4. The van der Waals surface area contributed by atoms with Crippen LogP contribution in [0.25, 0.3) is 0 Å². The summed E-state index contributed by atoms with van der Waals surface area (Å²) in [5.74, 6) is 2.08. The fourth-order valence-corrected chi connectivity index (χ4v) is 4.13. The largest absolute Gasteiger partial charge is 0.341 e. The molecule has 6 heteroatoms. The van der Waals surface area contributed by atoms with Gasteiger partial charge in [0.1, 0.15) is 0 Å².